The molecule has 0 atom stereocenters. The molecule has 2 heterocycles. The number of hydrogen-bond acceptors (Lipinski definition) is 0. The fraction of sp³-hybridized carbons (Fsp3) is 0.129. The zero-order valence-electron chi connectivity index (χ0n) is 19.3. The number of fused-ring (bicyclic) bond motifs is 1. The van der Waals surface area contributed by atoms with Crippen molar-refractivity contribution in [3.05, 3.63) is 138 Å². The van der Waals surface area contributed by atoms with Gasteiger partial charge in [0.2, 0.25) is 0 Å². The quantitative estimate of drug-likeness (QED) is 0.273. The first-order valence-corrected chi connectivity index (χ1v) is 13.1. The Bertz CT molecular complexity index is 1280. The Balaban J connectivity index is 1.51. The molecule has 0 aromatic heterocycles. The van der Waals surface area contributed by atoms with Crippen LogP contribution in [0.5, 0.6) is 0 Å². The molecule has 0 fully saturated rings. The number of hydrogen-bond donors (Lipinski definition) is 0. The van der Waals surface area contributed by atoms with Crippen molar-refractivity contribution in [2.75, 3.05) is 7.05 Å². The van der Waals surface area contributed by atoms with Crippen molar-refractivity contribution < 1.29 is 4.58 Å². The Morgan fingerprint density at radius 1 is 0.727 bits per heavy atom. The molecule has 0 radical (unpaired) electrons. The van der Waals surface area contributed by atoms with Gasteiger partial charge >= 0.3 is 204 Å². The van der Waals surface area contributed by atoms with Gasteiger partial charge in [-0.15, -0.1) is 0 Å². The first kappa shape index (κ1) is 21.6. The molecule has 162 valence electrons. The van der Waals surface area contributed by atoms with E-state index >= 15 is 0 Å². The molecule has 33 heavy (non-hydrogen) atoms. The van der Waals surface area contributed by atoms with Crippen LogP contribution in [0.3, 0.4) is 0 Å². The molecule has 0 aliphatic carbocycles. The Kier molecular flexibility index (Phi) is 5.89. The van der Waals surface area contributed by atoms with Crippen LogP contribution in [0.1, 0.15) is 30.5 Å². The normalized spacial score (nSPS) is 17.1. The summed E-state index contributed by atoms with van der Waals surface area (Å²) in [5.74, 6) is 0. The predicted molar refractivity (Wildman–Crippen MR) is 142 cm³/mol. The van der Waals surface area contributed by atoms with Crippen molar-refractivity contribution in [3.63, 3.8) is 0 Å². The van der Waals surface area contributed by atoms with Gasteiger partial charge in [0.25, 0.3) is 0 Å². The molecule has 0 amide bonds. The second kappa shape index (κ2) is 8.98. The second-order valence-corrected chi connectivity index (χ2v) is 11.2. The monoisotopic (exact) mass is 494 g/mol. The predicted octanol–water partition coefficient (Wildman–Crippen LogP) is 6.98. The molecule has 5 rings (SSSR count). The average Bonchev–Trinajstić information content (AvgIpc) is 3.05. The number of rotatable bonds is 4. The van der Waals surface area contributed by atoms with Crippen molar-refractivity contribution in [2.45, 2.75) is 19.3 Å². The molecule has 0 spiro atoms. The number of para-hydroxylation sites is 1. The van der Waals surface area contributed by atoms with Crippen molar-refractivity contribution in [1.29, 1.82) is 0 Å². The van der Waals surface area contributed by atoms with E-state index < -0.39 is 0 Å². The summed E-state index contributed by atoms with van der Waals surface area (Å²) in [6, 6.07) is 30.3. The molecule has 0 saturated carbocycles. The molecule has 2 heteroatoms. The number of allylic oxidation sites excluding steroid dienone is 6. The Hall–Kier alpha value is -3.19. The van der Waals surface area contributed by atoms with Crippen molar-refractivity contribution in [1.82, 2.24) is 0 Å². The maximum absolute atomic E-state index is 2.36. The molecule has 0 unspecified atom stereocenters. The summed E-state index contributed by atoms with van der Waals surface area (Å²) in [4.78, 5) is 0. The molecule has 2 aliphatic heterocycles. The Labute approximate surface area is 203 Å². The minimum atomic E-state index is -0.00783. The summed E-state index contributed by atoms with van der Waals surface area (Å²) in [6.45, 7) is 4.62. The third kappa shape index (κ3) is 4.25. The molecule has 2 aliphatic rings. The maximum atomic E-state index is 2.36. The summed E-state index contributed by atoms with van der Waals surface area (Å²) >= 11 is 0.272. The van der Waals surface area contributed by atoms with Crippen LogP contribution in [0.25, 0.3) is 8.94 Å². The standard InChI is InChI=1S/C31H28NSe/c1-31(2)26-18-10-11-19-27(26)32(3)30(31)20-12-13-23-21-28(24-14-6-4-7-15-24)33-29(22-23)25-16-8-5-9-17-25/h4-22H,1-3H3/q+1/b20-12+. The number of nitrogens with zero attached hydrogens (tertiary/aromatic N) is 1. The minimum absolute atomic E-state index is 0.00783. The van der Waals surface area contributed by atoms with E-state index in [0.29, 0.717) is 0 Å². The molecule has 0 bridgehead atoms. The van der Waals surface area contributed by atoms with E-state index in [4.69, 9.17) is 0 Å². The molecular weight excluding hydrogens is 465 g/mol. The van der Waals surface area contributed by atoms with E-state index in [1.165, 1.54) is 42.6 Å². The van der Waals surface area contributed by atoms with Crippen LogP contribution in [0.15, 0.2) is 121 Å². The van der Waals surface area contributed by atoms with E-state index in [-0.39, 0.29) is 20.4 Å². The van der Waals surface area contributed by atoms with Crippen molar-refractivity contribution in [2.24, 2.45) is 0 Å². The summed E-state index contributed by atoms with van der Waals surface area (Å²) < 4.78 is 5.16. The SMILES string of the molecule is C[N+]1=C(/C=C/C=C2C=C(c3ccccc3)[Se]C(c3ccccc3)=C2)C(C)(C)c2ccccc21. The summed E-state index contributed by atoms with van der Waals surface area (Å²) in [6.07, 6.45) is 11.5. The van der Waals surface area contributed by atoms with Crippen LogP contribution in [-0.2, 0) is 5.41 Å². The van der Waals surface area contributed by atoms with Crippen LogP contribution in [0.2, 0.25) is 0 Å². The molecule has 0 saturated heterocycles. The summed E-state index contributed by atoms with van der Waals surface area (Å²) in [5, 5.41) is 0. The van der Waals surface area contributed by atoms with Crippen LogP contribution in [0, 0.1) is 0 Å². The van der Waals surface area contributed by atoms with Crippen LogP contribution < -0.4 is 0 Å². The first-order valence-electron chi connectivity index (χ1n) is 11.4. The van der Waals surface area contributed by atoms with Gasteiger partial charge < -0.3 is 0 Å². The van der Waals surface area contributed by atoms with E-state index in [0.717, 1.165) is 0 Å². The molecule has 1 nitrogen and oxygen atoms in total. The van der Waals surface area contributed by atoms with Gasteiger partial charge in [0.05, 0.1) is 0 Å². The van der Waals surface area contributed by atoms with Gasteiger partial charge in [-0.2, -0.15) is 0 Å². The summed E-state index contributed by atoms with van der Waals surface area (Å²) in [5.41, 5.74) is 7.87. The van der Waals surface area contributed by atoms with Gasteiger partial charge in [-0.05, 0) is 0 Å². The van der Waals surface area contributed by atoms with Crippen molar-refractivity contribution >= 4 is 35.3 Å². The summed E-state index contributed by atoms with van der Waals surface area (Å²) in [7, 11) is 2.17. The topological polar surface area (TPSA) is 3.01 Å². The fourth-order valence-electron chi connectivity index (χ4n) is 4.66. The first-order chi connectivity index (χ1) is 16.0. The Morgan fingerprint density at radius 3 is 1.85 bits per heavy atom. The zero-order valence-corrected chi connectivity index (χ0v) is 21.0. The fourth-order valence-corrected chi connectivity index (χ4v) is 7.04. The van der Waals surface area contributed by atoms with E-state index in [9.17, 15) is 0 Å². The van der Waals surface area contributed by atoms with Crippen LogP contribution in [0.4, 0.5) is 5.69 Å². The second-order valence-electron chi connectivity index (χ2n) is 8.96. The van der Waals surface area contributed by atoms with E-state index in [1.807, 2.05) is 0 Å². The van der Waals surface area contributed by atoms with Gasteiger partial charge in [-0.25, -0.2) is 0 Å². The third-order valence-corrected chi connectivity index (χ3v) is 8.82. The van der Waals surface area contributed by atoms with E-state index in [2.05, 4.69) is 141 Å². The number of benzene rings is 3. The average molecular weight is 494 g/mol. The molecule has 3 aromatic rings. The van der Waals surface area contributed by atoms with Crippen LogP contribution in [-0.4, -0.2) is 32.3 Å². The van der Waals surface area contributed by atoms with E-state index in [1.54, 1.807) is 0 Å². The molecule has 0 N–H and O–H groups in total. The zero-order chi connectivity index (χ0) is 22.8. The third-order valence-electron chi connectivity index (χ3n) is 6.42. The van der Waals surface area contributed by atoms with Gasteiger partial charge in [0.1, 0.15) is 0 Å². The molecular formula is C31H28NSe+. The van der Waals surface area contributed by atoms with Crippen LogP contribution >= 0.6 is 0 Å². The Morgan fingerprint density at radius 2 is 1.27 bits per heavy atom. The van der Waals surface area contributed by atoms with Gasteiger partial charge in [0.15, 0.2) is 0 Å². The molecule has 3 aromatic carbocycles. The van der Waals surface area contributed by atoms with Gasteiger partial charge in [-0.3, -0.25) is 0 Å². The van der Waals surface area contributed by atoms with Gasteiger partial charge in [-0.1, -0.05) is 0 Å². The van der Waals surface area contributed by atoms with Gasteiger partial charge in [0, 0.05) is 0 Å². The van der Waals surface area contributed by atoms with Crippen molar-refractivity contribution in [3.8, 4) is 0 Å².